The monoisotopic (exact) mass is 380 g/mol. The molecular formula is C17H24N4O4S. The highest BCUT2D eigenvalue weighted by atomic mass is 32.2. The van der Waals surface area contributed by atoms with Crippen molar-refractivity contribution in [2.75, 3.05) is 24.2 Å². The maximum atomic E-state index is 12.4. The standard InChI is InChI=1S/C17H24N4O4S/c1-26(23,24)21-9-5-6-14(21)13-10-18-11-15(19-13)20-12-17(25-16(20)22)7-3-2-4-8-17/h10-11,14H,2-9,12H2,1H3. The molecule has 3 fully saturated rings. The van der Waals surface area contributed by atoms with Gasteiger partial charge in [-0.25, -0.2) is 18.2 Å². The first-order chi connectivity index (χ1) is 12.4. The number of hydrogen-bond donors (Lipinski definition) is 0. The van der Waals surface area contributed by atoms with Crippen LogP contribution in [0.3, 0.4) is 0 Å². The van der Waals surface area contributed by atoms with Crippen LogP contribution in [0.1, 0.15) is 56.7 Å². The summed E-state index contributed by atoms with van der Waals surface area (Å²) < 4.78 is 31.2. The SMILES string of the molecule is CS(=O)(=O)N1CCCC1c1cncc(N2CC3(CCCCC3)OC2=O)n1. The molecule has 1 spiro atoms. The number of ether oxygens (including phenoxy) is 1. The Kier molecular flexibility index (Phi) is 4.38. The minimum absolute atomic E-state index is 0.320. The van der Waals surface area contributed by atoms with Crippen LogP contribution in [-0.4, -0.2) is 53.7 Å². The predicted molar refractivity (Wildman–Crippen MR) is 95.2 cm³/mol. The van der Waals surface area contributed by atoms with Crippen LogP contribution in [0.25, 0.3) is 0 Å². The van der Waals surface area contributed by atoms with Gasteiger partial charge in [-0.15, -0.1) is 0 Å². The lowest BCUT2D eigenvalue weighted by molar-refractivity contribution is 0.0260. The molecule has 3 aliphatic rings. The van der Waals surface area contributed by atoms with Crippen molar-refractivity contribution in [2.45, 2.75) is 56.6 Å². The predicted octanol–water partition coefficient (Wildman–Crippen LogP) is 2.23. The third-order valence-electron chi connectivity index (χ3n) is 5.62. The lowest BCUT2D eigenvalue weighted by Gasteiger charge is -2.30. The molecule has 8 nitrogen and oxygen atoms in total. The highest BCUT2D eigenvalue weighted by Crippen LogP contribution is 2.39. The van der Waals surface area contributed by atoms with Crippen molar-refractivity contribution < 1.29 is 17.9 Å². The summed E-state index contributed by atoms with van der Waals surface area (Å²) in [5.41, 5.74) is 0.182. The van der Waals surface area contributed by atoms with Crippen LogP contribution in [0, 0.1) is 0 Å². The fourth-order valence-electron chi connectivity index (χ4n) is 4.35. The number of nitrogens with zero attached hydrogens (tertiary/aromatic N) is 4. The molecule has 142 valence electrons. The zero-order valence-electron chi connectivity index (χ0n) is 14.9. The van der Waals surface area contributed by atoms with Crippen molar-refractivity contribution in [3.8, 4) is 0 Å². The van der Waals surface area contributed by atoms with E-state index in [2.05, 4.69) is 9.97 Å². The molecule has 1 amide bonds. The Hall–Kier alpha value is -1.74. The van der Waals surface area contributed by atoms with Crippen LogP contribution in [0.4, 0.5) is 10.6 Å². The molecule has 1 aromatic rings. The first-order valence-electron chi connectivity index (χ1n) is 9.17. The van der Waals surface area contributed by atoms with Crippen molar-refractivity contribution in [1.29, 1.82) is 0 Å². The van der Waals surface area contributed by atoms with Gasteiger partial charge in [0.1, 0.15) is 5.60 Å². The van der Waals surface area contributed by atoms with E-state index >= 15 is 0 Å². The van der Waals surface area contributed by atoms with Gasteiger partial charge in [-0.1, -0.05) is 6.42 Å². The minimum atomic E-state index is -3.30. The van der Waals surface area contributed by atoms with Crippen molar-refractivity contribution in [3.05, 3.63) is 18.1 Å². The van der Waals surface area contributed by atoms with Gasteiger partial charge in [0.05, 0.1) is 36.9 Å². The molecule has 0 bridgehead atoms. The van der Waals surface area contributed by atoms with Crippen molar-refractivity contribution in [2.24, 2.45) is 0 Å². The largest absolute Gasteiger partial charge is 0.441 e. The molecule has 0 radical (unpaired) electrons. The second kappa shape index (κ2) is 6.45. The van der Waals surface area contributed by atoms with Crippen LogP contribution in [0.2, 0.25) is 0 Å². The summed E-state index contributed by atoms with van der Waals surface area (Å²) in [5, 5.41) is 0. The summed E-state index contributed by atoms with van der Waals surface area (Å²) in [6, 6.07) is -0.320. The van der Waals surface area contributed by atoms with E-state index in [1.54, 1.807) is 17.3 Å². The molecule has 1 atom stereocenters. The maximum absolute atomic E-state index is 12.4. The van der Waals surface area contributed by atoms with Crippen LogP contribution in [-0.2, 0) is 14.8 Å². The van der Waals surface area contributed by atoms with Crippen LogP contribution in [0.5, 0.6) is 0 Å². The Morgan fingerprint density at radius 3 is 2.69 bits per heavy atom. The smallest absolute Gasteiger partial charge is 0.416 e. The summed E-state index contributed by atoms with van der Waals surface area (Å²) in [6.45, 7) is 0.981. The van der Waals surface area contributed by atoms with Gasteiger partial charge in [0.15, 0.2) is 5.82 Å². The van der Waals surface area contributed by atoms with E-state index in [-0.39, 0.29) is 12.1 Å². The van der Waals surface area contributed by atoms with Gasteiger partial charge in [-0.3, -0.25) is 9.88 Å². The summed E-state index contributed by atoms with van der Waals surface area (Å²) in [4.78, 5) is 22.8. The number of carbonyl (C=O) groups is 1. The highest BCUT2D eigenvalue weighted by Gasteiger charge is 2.47. The molecule has 1 saturated carbocycles. The van der Waals surface area contributed by atoms with Crippen LogP contribution in [0.15, 0.2) is 12.4 Å². The Morgan fingerprint density at radius 2 is 1.96 bits per heavy atom. The number of anilines is 1. The minimum Gasteiger partial charge on any atom is -0.441 e. The Labute approximate surface area is 153 Å². The number of hydrogen-bond acceptors (Lipinski definition) is 6. The third-order valence-corrected chi connectivity index (χ3v) is 6.91. The van der Waals surface area contributed by atoms with E-state index in [0.29, 0.717) is 31.0 Å². The first-order valence-corrected chi connectivity index (χ1v) is 11.0. The molecule has 0 aromatic carbocycles. The normalized spacial score (nSPS) is 26.4. The summed E-state index contributed by atoms with van der Waals surface area (Å²) in [7, 11) is -3.30. The van der Waals surface area contributed by atoms with Gasteiger partial charge >= 0.3 is 6.09 Å². The Balaban J connectivity index is 1.59. The molecule has 0 N–H and O–H groups in total. The van der Waals surface area contributed by atoms with Crippen LogP contribution < -0.4 is 4.90 Å². The Bertz CT molecular complexity index is 807. The van der Waals surface area contributed by atoms with Gasteiger partial charge in [0.25, 0.3) is 0 Å². The Morgan fingerprint density at radius 1 is 1.19 bits per heavy atom. The van der Waals surface area contributed by atoms with Gasteiger partial charge in [-0.05, 0) is 38.5 Å². The van der Waals surface area contributed by atoms with Gasteiger partial charge in [0.2, 0.25) is 10.0 Å². The average Bonchev–Trinajstić information content (AvgIpc) is 3.21. The van der Waals surface area contributed by atoms with Gasteiger partial charge < -0.3 is 4.74 Å². The van der Waals surface area contributed by atoms with E-state index in [4.69, 9.17) is 4.74 Å². The molecule has 1 aromatic heterocycles. The maximum Gasteiger partial charge on any atom is 0.416 e. The molecule has 4 rings (SSSR count). The average molecular weight is 380 g/mol. The van der Waals surface area contributed by atoms with Crippen LogP contribution >= 0.6 is 0 Å². The van der Waals surface area contributed by atoms with Crippen molar-refractivity contribution >= 4 is 21.9 Å². The fourth-order valence-corrected chi connectivity index (χ4v) is 5.49. The van der Waals surface area contributed by atoms with E-state index in [0.717, 1.165) is 32.1 Å². The molecule has 1 unspecified atom stereocenters. The number of sulfonamides is 1. The summed E-state index contributed by atoms with van der Waals surface area (Å²) in [5.74, 6) is 0.440. The second-order valence-corrected chi connectivity index (χ2v) is 9.47. The molecule has 2 aliphatic heterocycles. The number of rotatable bonds is 3. The van der Waals surface area contributed by atoms with E-state index in [1.807, 2.05) is 0 Å². The van der Waals surface area contributed by atoms with E-state index in [9.17, 15) is 13.2 Å². The molecule has 26 heavy (non-hydrogen) atoms. The molecular weight excluding hydrogens is 356 g/mol. The summed E-state index contributed by atoms with van der Waals surface area (Å²) >= 11 is 0. The first kappa shape index (κ1) is 17.7. The zero-order chi connectivity index (χ0) is 18.4. The fraction of sp³-hybridized carbons (Fsp3) is 0.706. The lowest BCUT2D eigenvalue weighted by Crippen LogP contribution is -2.37. The van der Waals surface area contributed by atoms with E-state index in [1.165, 1.54) is 17.0 Å². The van der Waals surface area contributed by atoms with E-state index < -0.39 is 15.6 Å². The lowest BCUT2D eigenvalue weighted by atomic mass is 9.85. The highest BCUT2D eigenvalue weighted by molar-refractivity contribution is 7.88. The number of aromatic nitrogens is 2. The molecule has 9 heteroatoms. The quantitative estimate of drug-likeness (QED) is 0.798. The van der Waals surface area contributed by atoms with Crippen molar-refractivity contribution in [1.82, 2.24) is 14.3 Å². The van der Waals surface area contributed by atoms with Gasteiger partial charge in [-0.2, -0.15) is 4.31 Å². The van der Waals surface area contributed by atoms with Crippen molar-refractivity contribution in [3.63, 3.8) is 0 Å². The molecule has 1 aliphatic carbocycles. The molecule has 3 heterocycles. The number of carbonyl (C=O) groups excluding carboxylic acids is 1. The topological polar surface area (TPSA) is 92.7 Å². The second-order valence-electron chi connectivity index (χ2n) is 7.53. The third kappa shape index (κ3) is 3.18. The number of amides is 1. The summed E-state index contributed by atoms with van der Waals surface area (Å²) in [6.07, 6.45) is 10.5. The zero-order valence-corrected chi connectivity index (χ0v) is 15.7. The van der Waals surface area contributed by atoms with Gasteiger partial charge in [0, 0.05) is 6.54 Å². The molecule has 2 saturated heterocycles.